The van der Waals surface area contributed by atoms with Gasteiger partial charge in [-0.25, -0.2) is 8.78 Å². The lowest BCUT2D eigenvalue weighted by atomic mass is 10.1. The summed E-state index contributed by atoms with van der Waals surface area (Å²) < 4.78 is 26.5. The van der Waals surface area contributed by atoms with Crippen LogP contribution in [0.25, 0.3) is 0 Å². The highest BCUT2D eigenvalue weighted by Crippen LogP contribution is 2.14. The van der Waals surface area contributed by atoms with Gasteiger partial charge in [-0.3, -0.25) is 4.79 Å². The van der Waals surface area contributed by atoms with Crippen LogP contribution in [-0.2, 0) is 6.42 Å². The zero-order valence-corrected chi connectivity index (χ0v) is 11.7. The number of benzene rings is 2. The summed E-state index contributed by atoms with van der Waals surface area (Å²) in [5.41, 5.74) is 6.46. The molecular formula is C15H12F2N2OS. The van der Waals surface area contributed by atoms with E-state index in [2.05, 4.69) is 5.32 Å². The molecule has 0 aliphatic carbocycles. The summed E-state index contributed by atoms with van der Waals surface area (Å²) in [5.74, 6) is -2.17. The van der Waals surface area contributed by atoms with Crippen molar-refractivity contribution in [3.63, 3.8) is 0 Å². The van der Waals surface area contributed by atoms with Crippen LogP contribution in [0.1, 0.15) is 15.9 Å². The van der Waals surface area contributed by atoms with Crippen LogP contribution in [-0.4, -0.2) is 10.9 Å². The molecular weight excluding hydrogens is 294 g/mol. The maximum Gasteiger partial charge on any atom is 0.258 e. The Morgan fingerprint density at radius 2 is 1.81 bits per heavy atom. The van der Waals surface area contributed by atoms with E-state index >= 15 is 0 Å². The molecule has 0 unspecified atom stereocenters. The van der Waals surface area contributed by atoms with E-state index in [1.165, 1.54) is 0 Å². The van der Waals surface area contributed by atoms with Gasteiger partial charge in [-0.05, 0) is 35.9 Å². The number of hydrogen-bond donors (Lipinski definition) is 2. The van der Waals surface area contributed by atoms with Crippen molar-refractivity contribution in [2.24, 2.45) is 5.73 Å². The van der Waals surface area contributed by atoms with E-state index in [0.717, 1.165) is 23.8 Å². The normalized spacial score (nSPS) is 10.2. The molecule has 6 heteroatoms. The molecule has 0 spiro atoms. The fourth-order valence-electron chi connectivity index (χ4n) is 1.78. The van der Waals surface area contributed by atoms with Crippen molar-refractivity contribution in [2.45, 2.75) is 6.42 Å². The van der Waals surface area contributed by atoms with Crippen molar-refractivity contribution in [3.05, 3.63) is 65.2 Å². The molecule has 0 radical (unpaired) electrons. The van der Waals surface area contributed by atoms with Gasteiger partial charge in [0.05, 0.1) is 10.6 Å². The molecule has 0 bridgehead atoms. The second-order valence-corrected chi connectivity index (χ2v) is 4.94. The third-order valence-corrected chi connectivity index (χ3v) is 2.91. The average molecular weight is 306 g/mol. The summed E-state index contributed by atoms with van der Waals surface area (Å²) in [6, 6.07) is 9.50. The highest BCUT2D eigenvalue weighted by molar-refractivity contribution is 7.80. The SMILES string of the molecule is NC(=S)Cc1ccc(NC(=O)c2cc(F)ccc2F)cc1. The number of thiocarbonyl (C=S) groups is 1. The van der Waals surface area contributed by atoms with Crippen molar-refractivity contribution in [1.29, 1.82) is 0 Å². The number of amides is 1. The third kappa shape index (κ3) is 4.06. The van der Waals surface area contributed by atoms with Crippen molar-refractivity contribution < 1.29 is 13.6 Å². The van der Waals surface area contributed by atoms with Gasteiger partial charge >= 0.3 is 0 Å². The minimum atomic E-state index is -0.779. The van der Waals surface area contributed by atoms with E-state index in [0.29, 0.717) is 17.1 Å². The van der Waals surface area contributed by atoms with E-state index in [-0.39, 0.29) is 5.56 Å². The third-order valence-electron chi connectivity index (χ3n) is 2.76. The van der Waals surface area contributed by atoms with Crippen molar-refractivity contribution in [1.82, 2.24) is 0 Å². The summed E-state index contributed by atoms with van der Waals surface area (Å²) in [4.78, 5) is 12.3. The zero-order valence-electron chi connectivity index (χ0n) is 10.9. The average Bonchev–Trinajstić information content (AvgIpc) is 2.43. The Hall–Kier alpha value is -2.34. The number of hydrogen-bond acceptors (Lipinski definition) is 2. The van der Waals surface area contributed by atoms with Crippen molar-refractivity contribution in [3.8, 4) is 0 Å². The molecule has 0 saturated heterocycles. The van der Waals surface area contributed by atoms with Gasteiger partial charge in [-0.15, -0.1) is 0 Å². The second kappa shape index (κ2) is 6.41. The van der Waals surface area contributed by atoms with Crippen LogP contribution in [0.5, 0.6) is 0 Å². The lowest BCUT2D eigenvalue weighted by molar-refractivity contribution is 0.102. The molecule has 0 fully saturated rings. The van der Waals surface area contributed by atoms with Gasteiger partial charge in [0.1, 0.15) is 11.6 Å². The highest BCUT2D eigenvalue weighted by atomic mass is 32.1. The lowest BCUT2D eigenvalue weighted by Gasteiger charge is -2.07. The van der Waals surface area contributed by atoms with Crippen LogP contribution in [0.4, 0.5) is 14.5 Å². The topological polar surface area (TPSA) is 55.1 Å². The molecule has 2 rings (SSSR count). The molecule has 0 aromatic heterocycles. The fourth-order valence-corrected chi connectivity index (χ4v) is 1.94. The predicted molar refractivity (Wildman–Crippen MR) is 81.2 cm³/mol. The summed E-state index contributed by atoms with van der Waals surface area (Å²) >= 11 is 4.80. The Kier molecular flexibility index (Phi) is 4.59. The number of anilines is 1. The van der Waals surface area contributed by atoms with Gasteiger partial charge in [-0.2, -0.15) is 0 Å². The van der Waals surface area contributed by atoms with E-state index in [1.54, 1.807) is 24.3 Å². The first-order valence-electron chi connectivity index (χ1n) is 6.09. The van der Waals surface area contributed by atoms with Crippen molar-refractivity contribution >= 4 is 28.8 Å². The number of carbonyl (C=O) groups is 1. The minimum absolute atomic E-state index is 0.345. The Morgan fingerprint density at radius 1 is 1.14 bits per heavy atom. The first-order valence-corrected chi connectivity index (χ1v) is 6.50. The van der Waals surface area contributed by atoms with Gasteiger partial charge in [0.2, 0.25) is 0 Å². The first kappa shape index (κ1) is 15.1. The van der Waals surface area contributed by atoms with Crippen molar-refractivity contribution in [2.75, 3.05) is 5.32 Å². The summed E-state index contributed by atoms with van der Waals surface area (Å²) in [6.07, 6.45) is 0.460. The number of nitrogens with one attached hydrogen (secondary N) is 1. The minimum Gasteiger partial charge on any atom is -0.393 e. The standard InChI is InChI=1S/C15H12F2N2OS/c16-10-3-6-13(17)12(8-10)15(20)19-11-4-1-9(2-5-11)7-14(18)21/h1-6,8H,7H2,(H2,18,21)(H,19,20). The largest absolute Gasteiger partial charge is 0.393 e. The molecule has 0 aliphatic rings. The predicted octanol–water partition coefficient (Wildman–Crippen LogP) is 3.05. The summed E-state index contributed by atoms with van der Waals surface area (Å²) in [6.45, 7) is 0. The van der Waals surface area contributed by atoms with E-state index in [4.69, 9.17) is 18.0 Å². The molecule has 2 aromatic carbocycles. The van der Waals surface area contributed by atoms with Crippen LogP contribution >= 0.6 is 12.2 Å². The van der Waals surface area contributed by atoms with Gasteiger partial charge in [0.25, 0.3) is 5.91 Å². The molecule has 0 heterocycles. The van der Waals surface area contributed by atoms with Crippen LogP contribution in [0.2, 0.25) is 0 Å². The number of nitrogens with two attached hydrogens (primary N) is 1. The Labute approximate surface area is 125 Å². The lowest BCUT2D eigenvalue weighted by Crippen LogP contribution is -2.14. The first-order chi connectivity index (χ1) is 9.95. The molecule has 3 N–H and O–H groups in total. The van der Waals surface area contributed by atoms with E-state index < -0.39 is 17.5 Å². The second-order valence-electron chi connectivity index (χ2n) is 4.42. The maximum atomic E-state index is 13.5. The molecule has 0 atom stereocenters. The number of carbonyl (C=O) groups excluding carboxylic acids is 1. The summed E-state index contributed by atoms with van der Waals surface area (Å²) in [7, 11) is 0. The molecule has 2 aromatic rings. The van der Waals surface area contributed by atoms with Gasteiger partial charge in [0, 0.05) is 12.1 Å². The van der Waals surface area contributed by atoms with E-state index in [9.17, 15) is 13.6 Å². The molecule has 3 nitrogen and oxygen atoms in total. The van der Waals surface area contributed by atoms with Gasteiger partial charge in [-0.1, -0.05) is 24.4 Å². The monoisotopic (exact) mass is 306 g/mol. The van der Waals surface area contributed by atoms with Crippen LogP contribution in [0.15, 0.2) is 42.5 Å². The van der Waals surface area contributed by atoms with Crippen LogP contribution in [0, 0.1) is 11.6 Å². The molecule has 0 saturated carbocycles. The number of halogens is 2. The number of rotatable bonds is 4. The highest BCUT2D eigenvalue weighted by Gasteiger charge is 2.13. The Bertz CT molecular complexity index is 687. The quantitative estimate of drug-likeness (QED) is 0.854. The zero-order chi connectivity index (χ0) is 15.4. The van der Waals surface area contributed by atoms with Crippen LogP contribution < -0.4 is 11.1 Å². The summed E-state index contributed by atoms with van der Waals surface area (Å²) in [5, 5.41) is 2.50. The molecule has 0 aliphatic heterocycles. The molecule has 1 amide bonds. The Balaban J connectivity index is 2.12. The molecule has 108 valence electrons. The molecule has 21 heavy (non-hydrogen) atoms. The Morgan fingerprint density at radius 3 is 2.43 bits per heavy atom. The van der Waals surface area contributed by atoms with Gasteiger partial charge in [0.15, 0.2) is 0 Å². The maximum absolute atomic E-state index is 13.5. The smallest absolute Gasteiger partial charge is 0.258 e. The van der Waals surface area contributed by atoms with E-state index in [1.807, 2.05) is 0 Å². The van der Waals surface area contributed by atoms with Crippen LogP contribution in [0.3, 0.4) is 0 Å². The van der Waals surface area contributed by atoms with Gasteiger partial charge < -0.3 is 11.1 Å². The fraction of sp³-hybridized carbons (Fsp3) is 0.0667.